The topological polar surface area (TPSA) is 58.2 Å². The van der Waals surface area contributed by atoms with Gasteiger partial charge in [-0.15, -0.1) is 0 Å². The predicted octanol–water partition coefficient (Wildman–Crippen LogP) is 0.0896. The van der Waals surface area contributed by atoms with Gasteiger partial charge in [0, 0.05) is 18.7 Å². The average molecular weight is 216 g/mol. The summed E-state index contributed by atoms with van der Waals surface area (Å²) in [7, 11) is 0. The van der Waals surface area contributed by atoms with Crippen LogP contribution in [0.15, 0.2) is 0 Å². The zero-order valence-electron chi connectivity index (χ0n) is 8.25. The lowest BCUT2D eigenvalue weighted by Crippen LogP contribution is -2.51. The van der Waals surface area contributed by atoms with Gasteiger partial charge >= 0.3 is 0 Å². The molecule has 1 fully saturated rings. The Morgan fingerprint density at radius 2 is 2.14 bits per heavy atom. The fourth-order valence-electron chi connectivity index (χ4n) is 1.29. The first-order valence-electron chi connectivity index (χ1n) is 4.82. The van der Waals surface area contributed by atoms with Crippen LogP contribution < -0.4 is 10.6 Å². The molecule has 5 heteroatoms. The summed E-state index contributed by atoms with van der Waals surface area (Å²) in [5.41, 5.74) is 0. The Balaban J connectivity index is 2.34. The fourth-order valence-corrected chi connectivity index (χ4v) is 1.55. The quantitative estimate of drug-likeness (QED) is 0.583. The molecule has 0 aromatic rings. The molecule has 1 rings (SSSR count). The van der Waals surface area contributed by atoms with E-state index >= 15 is 0 Å². The van der Waals surface area contributed by atoms with E-state index in [2.05, 4.69) is 23.3 Å². The van der Waals surface area contributed by atoms with E-state index in [4.69, 9.17) is 0 Å². The van der Waals surface area contributed by atoms with Crippen LogP contribution in [0.2, 0.25) is 0 Å². The number of amides is 2. The molecule has 2 amide bonds. The molecule has 1 aliphatic rings. The van der Waals surface area contributed by atoms with Crippen molar-refractivity contribution in [2.24, 2.45) is 0 Å². The minimum atomic E-state index is -0.503. The van der Waals surface area contributed by atoms with Crippen molar-refractivity contribution in [3.63, 3.8) is 0 Å². The highest BCUT2D eigenvalue weighted by Crippen LogP contribution is 2.17. The molecule has 1 aliphatic carbocycles. The van der Waals surface area contributed by atoms with Gasteiger partial charge in [-0.05, 0) is 19.3 Å². The number of hydrogen-bond acceptors (Lipinski definition) is 3. The van der Waals surface area contributed by atoms with Crippen molar-refractivity contribution >= 4 is 24.4 Å². The summed E-state index contributed by atoms with van der Waals surface area (Å²) in [6.07, 6.45) is 3.27. The van der Waals surface area contributed by atoms with Gasteiger partial charge in [0.05, 0.1) is 0 Å². The van der Waals surface area contributed by atoms with Crippen molar-refractivity contribution in [3.05, 3.63) is 0 Å². The molecule has 0 aromatic heterocycles. The van der Waals surface area contributed by atoms with Crippen LogP contribution in [-0.4, -0.2) is 29.7 Å². The largest absolute Gasteiger partial charge is 0.352 e. The van der Waals surface area contributed by atoms with Crippen LogP contribution in [0.3, 0.4) is 0 Å². The number of carbonyl (C=O) groups is 2. The maximum absolute atomic E-state index is 11.5. The van der Waals surface area contributed by atoms with E-state index in [-0.39, 0.29) is 11.8 Å². The molecule has 0 heterocycles. The SMILES string of the molecule is CC(=O)NC(CS)C(=O)NC1CCC1. The highest BCUT2D eigenvalue weighted by Gasteiger charge is 2.24. The van der Waals surface area contributed by atoms with Gasteiger partial charge in [0.25, 0.3) is 0 Å². The molecule has 4 nitrogen and oxygen atoms in total. The highest BCUT2D eigenvalue weighted by atomic mass is 32.1. The molecular formula is C9H16N2O2S. The maximum atomic E-state index is 11.5. The van der Waals surface area contributed by atoms with Crippen molar-refractivity contribution in [1.29, 1.82) is 0 Å². The standard InChI is InChI=1S/C9H16N2O2S/c1-6(12)10-8(5-14)9(13)11-7-3-2-4-7/h7-8,14H,2-5H2,1H3,(H,10,12)(H,11,13). The van der Waals surface area contributed by atoms with Gasteiger partial charge < -0.3 is 10.6 Å². The van der Waals surface area contributed by atoms with E-state index < -0.39 is 6.04 Å². The molecule has 1 saturated carbocycles. The molecule has 80 valence electrons. The second-order valence-electron chi connectivity index (χ2n) is 3.57. The maximum Gasteiger partial charge on any atom is 0.243 e. The lowest BCUT2D eigenvalue weighted by Gasteiger charge is -2.28. The Morgan fingerprint density at radius 3 is 2.50 bits per heavy atom. The highest BCUT2D eigenvalue weighted by molar-refractivity contribution is 7.80. The molecule has 2 N–H and O–H groups in total. The summed E-state index contributed by atoms with van der Waals surface area (Å²) in [5.74, 6) is 0.00529. The molecule has 0 aromatic carbocycles. The first kappa shape index (κ1) is 11.4. The van der Waals surface area contributed by atoms with E-state index in [1.807, 2.05) is 0 Å². The van der Waals surface area contributed by atoms with Gasteiger partial charge in [0.1, 0.15) is 6.04 Å². The predicted molar refractivity (Wildman–Crippen MR) is 57.2 cm³/mol. The third kappa shape index (κ3) is 3.21. The Morgan fingerprint density at radius 1 is 1.50 bits per heavy atom. The normalized spacial score (nSPS) is 18.1. The zero-order valence-corrected chi connectivity index (χ0v) is 9.14. The lowest BCUT2D eigenvalue weighted by molar-refractivity contribution is -0.128. The minimum Gasteiger partial charge on any atom is -0.352 e. The smallest absolute Gasteiger partial charge is 0.243 e. The van der Waals surface area contributed by atoms with Gasteiger partial charge in [0.15, 0.2) is 0 Å². The Bertz CT molecular complexity index is 229. The summed E-state index contributed by atoms with van der Waals surface area (Å²) in [5, 5.41) is 5.43. The second kappa shape index (κ2) is 5.24. The van der Waals surface area contributed by atoms with Crippen LogP contribution in [0.1, 0.15) is 26.2 Å². The average Bonchev–Trinajstić information content (AvgIpc) is 2.06. The van der Waals surface area contributed by atoms with Crippen LogP contribution >= 0.6 is 12.6 Å². The van der Waals surface area contributed by atoms with Crippen molar-refractivity contribution in [3.8, 4) is 0 Å². The van der Waals surface area contributed by atoms with Crippen molar-refractivity contribution in [1.82, 2.24) is 10.6 Å². The molecule has 0 aliphatic heterocycles. The van der Waals surface area contributed by atoms with Gasteiger partial charge in [-0.25, -0.2) is 0 Å². The van der Waals surface area contributed by atoms with Gasteiger partial charge in [-0.2, -0.15) is 12.6 Å². The Kier molecular flexibility index (Phi) is 4.25. The van der Waals surface area contributed by atoms with E-state index in [9.17, 15) is 9.59 Å². The summed E-state index contributed by atoms with van der Waals surface area (Å²) < 4.78 is 0. The van der Waals surface area contributed by atoms with Gasteiger partial charge in [0.2, 0.25) is 11.8 Å². The van der Waals surface area contributed by atoms with Crippen molar-refractivity contribution < 1.29 is 9.59 Å². The summed E-state index contributed by atoms with van der Waals surface area (Å²) in [6, 6.07) is -0.199. The van der Waals surface area contributed by atoms with E-state index in [1.54, 1.807) is 0 Å². The Hall–Kier alpha value is -0.710. The van der Waals surface area contributed by atoms with E-state index in [1.165, 1.54) is 13.3 Å². The number of carbonyl (C=O) groups excluding carboxylic acids is 2. The summed E-state index contributed by atoms with van der Waals surface area (Å²) in [6.45, 7) is 1.40. The summed E-state index contributed by atoms with van der Waals surface area (Å²) in [4.78, 5) is 22.3. The molecule has 1 unspecified atom stereocenters. The molecule has 0 radical (unpaired) electrons. The van der Waals surface area contributed by atoms with Crippen molar-refractivity contribution in [2.45, 2.75) is 38.3 Å². The molecule has 0 spiro atoms. The zero-order chi connectivity index (χ0) is 10.6. The second-order valence-corrected chi connectivity index (χ2v) is 3.94. The van der Waals surface area contributed by atoms with E-state index in [0.717, 1.165) is 12.8 Å². The van der Waals surface area contributed by atoms with Crippen LogP contribution in [0.25, 0.3) is 0 Å². The van der Waals surface area contributed by atoms with E-state index in [0.29, 0.717) is 11.8 Å². The number of nitrogens with one attached hydrogen (secondary N) is 2. The molecule has 0 saturated heterocycles. The minimum absolute atomic E-state index is 0.125. The first-order chi connectivity index (χ1) is 6.63. The van der Waals surface area contributed by atoms with Crippen LogP contribution in [0.4, 0.5) is 0 Å². The third-order valence-corrected chi connectivity index (χ3v) is 2.69. The third-order valence-electron chi connectivity index (χ3n) is 2.33. The monoisotopic (exact) mass is 216 g/mol. The molecular weight excluding hydrogens is 200 g/mol. The molecule has 14 heavy (non-hydrogen) atoms. The van der Waals surface area contributed by atoms with Crippen LogP contribution in [0, 0.1) is 0 Å². The first-order valence-corrected chi connectivity index (χ1v) is 5.45. The Labute approximate surface area is 89.2 Å². The van der Waals surface area contributed by atoms with Gasteiger partial charge in [-0.1, -0.05) is 0 Å². The van der Waals surface area contributed by atoms with Gasteiger partial charge in [-0.3, -0.25) is 9.59 Å². The number of rotatable bonds is 4. The number of thiol groups is 1. The van der Waals surface area contributed by atoms with Crippen LogP contribution in [0.5, 0.6) is 0 Å². The van der Waals surface area contributed by atoms with Crippen molar-refractivity contribution in [2.75, 3.05) is 5.75 Å². The lowest BCUT2D eigenvalue weighted by atomic mass is 9.93. The summed E-state index contributed by atoms with van der Waals surface area (Å²) >= 11 is 4.02. The fraction of sp³-hybridized carbons (Fsp3) is 0.778. The number of hydrogen-bond donors (Lipinski definition) is 3. The van der Waals surface area contributed by atoms with Crippen LogP contribution in [-0.2, 0) is 9.59 Å². The molecule has 1 atom stereocenters. The molecule has 0 bridgehead atoms.